The Hall–Kier alpha value is -1.60. The van der Waals surface area contributed by atoms with Crippen molar-refractivity contribution in [2.75, 3.05) is 0 Å². The van der Waals surface area contributed by atoms with Crippen LogP contribution in [0.1, 0.15) is 5.56 Å². The average molecular weight is 189 g/mol. The second kappa shape index (κ2) is 2.71. The third kappa shape index (κ3) is 1.05. The highest BCUT2D eigenvalue weighted by Crippen LogP contribution is 2.16. The lowest BCUT2D eigenvalue weighted by molar-refractivity contribution is 0.927. The molecule has 0 atom stereocenters. The largest absolute Gasteiger partial charge is 0.329 e. The Balaban J connectivity index is 3.03. The number of aromatic nitrogens is 2. The van der Waals surface area contributed by atoms with Gasteiger partial charge in [0.2, 0.25) is 0 Å². The third-order valence-corrected chi connectivity index (χ3v) is 2.44. The minimum Gasteiger partial charge on any atom is -0.329 e. The molecule has 0 unspecified atom stereocenters. The summed E-state index contributed by atoms with van der Waals surface area (Å²) in [6.07, 6.45) is 0. The van der Waals surface area contributed by atoms with E-state index in [2.05, 4.69) is 11.1 Å². The van der Waals surface area contributed by atoms with E-state index in [4.69, 9.17) is 17.5 Å². The number of nitriles is 1. The molecule has 0 aliphatic rings. The number of nitrogens with zero attached hydrogens (tertiary/aromatic N) is 2. The number of aryl methyl sites for hydroxylation is 1. The number of nitrogens with one attached hydrogen (secondary N) is 1. The highest BCUT2D eigenvalue weighted by Gasteiger charge is 2.03. The molecule has 0 aliphatic heterocycles. The van der Waals surface area contributed by atoms with Gasteiger partial charge in [0.15, 0.2) is 4.77 Å². The van der Waals surface area contributed by atoms with E-state index < -0.39 is 0 Å². The van der Waals surface area contributed by atoms with E-state index in [1.807, 2.05) is 23.7 Å². The molecule has 1 aromatic carbocycles. The van der Waals surface area contributed by atoms with Gasteiger partial charge in [0, 0.05) is 7.05 Å². The normalized spacial score (nSPS) is 10.2. The number of fused-ring (bicyclic) bond motifs is 1. The maximum Gasteiger partial charge on any atom is 0.177 e. The van der Waals surface area contributed by atoms with Crippen molar-refractivity contribution in [1.29, 1.82) is 5.26 Å². The number of para-hydroxylation sites is 1. The van der Waals surface area contributed by atoms with Crippen LogP contribution in [0, 0.1) is 16.1 Å². The molecule has 13 heavy (non-hydrogen) atoms. The van der Waals surface area contributed by atoms with E-state index in [-0.39, 0.29) is 0 Å². The molecular weight excluding hydrogens is 182 g/mol. The first-order valence-electron chi connectivity index (χ1n) is 3.82. The van der Waals surface area contributed by atoms with Crippen molar-refractivity contribution < 1.29 is 0 Å². The molecule has 2 aromatic rings. The van der Waals surface area contributed by atoms with Gasteiger partial charge in [-0.1, -0.05) is 6.07 Å². The number of H-pyrrole nitrogens is 1. The van der Waals surface area contributed by atoms with Crippen LogP contribution in [0.2, 0.25) is 0 Å². The lowest BCUT2D eigenvalue weighted by Crippen LogP contribution is -1.85. The smallest absolute Gasteiger partial charge is 0.177 e. The van der Waals surface area contributed by atoms with Crippen molar-refractivity contribution in [2.45, 2.75) is 0 Å². The summed E-state index contributed by atoms with van der Waals surface area (Å²) < 4.78 is 2.49. The zero-order valence-corrected chi connectivity index (χ0v) is 7.85. The molecule has 1 heterocycles. The van der Waals surface area contributed by atoms with Crippen LogP contribution < -0.4 is 0 Å². The molecule has 4 heteroatoms. The van der Waals surface area contributed by atoms with Crippen LogP contribution in [0.4, 0.5) is 0 Å². The topological polar surface area (TPSA) is 44.5 Å². The fraction of sp³-hybridized carbons (Fsp3) is 0.111. The summed E-state index contributed by atoms with van der Waals surface area (Å²) in [5.41, 5.74) is 2.41. The van der Waals surface area contributed by atoms with E-state index in [0.29, 0.717) is 10.3 Å². The summed E-state index contributed by atoms with van der Waals surface area (Å²) in [5, 5.41) is 8.82. The molecule has 0 spiro atoms. The highest BCUT2D eigenvalue weighted by molar-refractivity contribution is 7.71. The van der Waals surface area contributed by atoms with Crippen LogP contribution in [-0.2, 0) is 7.05 Å². The molecule has 0 saturated heterocycles. The van der Waals surface area contributed by atoms with Crippen LogP contribution >= 0.6 is 12.2 Å². The van der Waals surface area contributed by atoms with Crippen molar-refractivity contribution >= 4 is 23.3 Å². The van der Waals surface area contributed by atoms with Crippen LogP contribution in [0.3, 0.4) is 0 Å². The fourth-order valence-corrected chi connectivity index (χ4v) is 1.54. The van der Waals surface area contributed by atoms with Gasteiger partial charge in [0.05, 0.1) is 16.6 Å². The fourth-order valence-electron chi connectivity index (χ4n) is 1.34. The van der Waals surface area contributed by atoms with Crippen LogP contribution in [0.25, 0.3) is 11.0 Å². The van der Waals surface area contributed by atoms with Gasteiger partial charge in [0.1, 0.15) is 6.07 Å². The number of hydrogen-bond acceptors (Lipinski definition) is 2. The maximum atomic E-state index is 8.82. The minimum atomic E-state index is 0.629. The second-order valence-electron chi connectivity index (χ2n) is 2.80. The molecule has 1 aromatic heterocycles. The van der Waals surface area contributed by atoms with Crippen LogP contribution in [0.15, 0.2) is 18.2 Å². The average Bonchev–Trinajstić information content (AvgIpc) is 2.43. The molecule has 2 rings (SSSR count). The standard InChI is InChI=1S/C9H7N3S/c1-12-7-4-2-3-6(5-10)8(7)11-9(12)13/h2-4H,1H3,(H,11,13). The van der Waals surface area contributed by atoms with Crippen molar-refractivity contribution in [3.8, 4) is 6.07 Å². The molecule has 0 amide bonds. The minimum absolute atomic E-state index is 0.629. The Morgan fingerprint density at radius 3 is 3.00 bits per heavy atom. The third-order valence-electron chi connectivity index (χ3n) is 2.06. The lowest BCUT2D eigenvalue weighted by atomic mass is 10.2. The van der Waals surface area contributed by atoms with E-state index in [0.717, 1.165) is 11.0 Å². The number of imidazole rings is 1. The predicted molar refractivity (Wildman–Crippen MR) is 52.8 cm³/mol. The van der Waals surface area contributed by atoms with Gasteiger partial charge in [-0.2, -0.15) is 5.26 Å². The van der Waals surface area contributed by atoms with Gasteiger partial charge in [-0.3, -0.25) is 0 Å². The van der Waals surface area contributed by atoms with Crippen molar-refractivity contribution in [2.24, 2.45) is 7.05 Å². The van der Waals surface area contributed by atoms with E-state index in [1.165, 1.54) is 0 Å². The first-order chi connectivity index (χ1) is 6.24. The Labute approximate surface area is 80.2 Å². The first-order valence-corrected chi connectivity index (χ1v) is 4.22. The van der Waals surface area contributed by atoms with Crippen molar-refractivity contribution in [1.82, 2.24) is 9.55 Å². The molecule has 1 N–H and O–H groups in total. The Bertz CT molecular complexity index is 556. The maximum absolute atomic E-state index is 8.82. The quantitative estimate of drug-likeness (QED) is 0.645. The van der Waals surface area contributed by atoms with Gasteiger partial charge in [-0.15, -0.1) is 0 Å². The molecule has 3 nitrogen and oxygen atoms in total. The van der Waals surface area contributed by atoms with Gasteiger partial charge in [-0.05, 0) is 24.4 Å². The first kappa shape index (κ1) is 8.02. The molecule has 64 valence electrons. The summed E-state index contributed by atoms with van der Waals surface area (Å²) >= 11 is 5.06. The van der Waals surface area contributed by atoms with Crippen molar-refractivity contribution in [3.05, 3.63) is 28.5 Å². The van der Waals surface area contributed by atoms with Gasteiger partial charge >= 0.3 is 0 Å². The zero-order valence-electron chi connectivity index (χ0n) is 7.03. The number of benzene rings is 1. The summed E-state index contributed by atoms with van der Waals surface area (Å²) in [5.74, 6) is 0. The van der Waals surface area contributed by atoms with Gasteiger partial charge in [-0.25, -0.2) is 0 Å². The SMILES string of the molecule is Cn1c(=S)[nH]c2c(C#N)cccc21. The molecule has 0 fully saturated rings. The number of rotatable bonds is 0. The molecule has 0 radical (unpaired) electrons. The van der Waals surface area contributed by atoms with Crippen LogP contribution in [-0.4, -0.2) is 9.55 Å². The molecule has 0 saturated carbocycles. The summed E-state index contributed by atoms with van der Waals surface area (Å²) in [7, 11) is 1.88. The lowest BCUT2D eigenvalue weighted by Gasteiger charge is -1.93. The molecular formula is C9H7N3S. The van der Waals surface area contributed by atoms with E-state index >= 15 is 0 Å². The summed E-state index contributed by atoms with van der Waals surface area (Å²) in [4.78, 5) is 3.00. The van der Waals surface area contributed by atoms with E-state index in [9.17, 15) is 0 Å². The van der Waals surface area contributed by atoms with Crippen LogP contribution in [0.5, 0.6) is 0 Å². The zero-order chi connectivity index (χ0) is 9.42. The number of aromatic amines is 1. The number of hydrogen-bond donors (Lipinski definition) is 1. The monoisotopic (exact) mass is 189 g/mol. The van der Waals surface area contributed by atoms with Crippen molar-refractivity contribution in [3.63, 3.8) is 0 Å². The summed E-state index contributed by atoms with van der Waals surface area (Å²) in [6, 6.07) is 7.67. The Kier molecular flexibility index (Phi) is 1.67. The Morgan fingerprint density at radius 1 is 1.54 bits per heavy atom. The summed E-state index contributed by atoms with van der Waals surface area (Å²) in [6.45, 7) is 0. The Morgan fingerprint density at radius 2 is 2.31 bits per heavy atom. The molecule has 0 bridgehead atoms. The highest BCUT2D eigenvalue weighted by atomic mass is 32.1. The van der Waals surface area contributed by atoms with Gasteiger partial charge < -0.3 is 9.55 Å². The van der Waals surface area contributed by atoms with Gasteiger partial charge in [0.25, 0.3) is 0 Å². The molecule has 0 aliphatic carbocycles. The second-order valence-corrected chi connectivity index (χ2v) is 3.19. The van der Waals surface area contributed by atoms with E-state index in [1.54, 1.807) is 6.07 Å². The predicted octanol–water partition coefficient (Wildman–Crippen LogP) is 2.11.